The molecule has 0 radical (unpaired) electrons. The number of carbonyl (C=O) groups is 1. The van der Waals surface area contributed by atoms with Gasteiger partial charge in [0.15, 0.2) is 4.87 Å². The molecule has 0 spiro atoms. The second-order valence-electron chi connectivity index (χ2n) is 11.1. The van der Waals surface area contributed by atoms with Gasteiger partial charge >= 0.3 is 0 Å². The van der Waals surface area contributed by atoms with E-state index in [0.29, 0.717) is 37.3 Å². The van der Waals surface area contributed by atoms with Gasteiger partial charge < -0.3 is 15.2 Å². The van der Waals surface area contributed by atoms with Gasteiger partial charge in [-0.25, -0.2) is 0 Å². The van der Waals surface area contributed by atoms with Crippen molar-refractivity contribution in [3.05, 3.63) is 110 Å². The van der Waals surface area contributed by atoms with Crippen molar-refractivity contribution in [1.82, 2.24) is 14.9 Å². The monoisotopic (exact) mass is 534 g/mol. The van der Waals surface area contributed by atoms with Gasteiger partial charge in [-0.2, -0.15) is 0 Å². The molecule has 3 aromatic carbocycles. The van der Waals surface area contributed by atoms with Gasteiger partial charge in [-0.15, -0.1) is 5.01 Å². The molecule has 202 valence electrons. The zero-order chi connectivity index (χ0) is 27.4. The highest BCUT2D eigenvalue weighted by molar-refractivity contribution is 5.98. The van der Waals surface area contributed by atoms with Crippen LogP contribution in [0.15, 0.2) is 77.6 Å². The summed E-state index contributed by atoms with van der Waals surface area (Å²) in [7, 11) is 0. The first-order valence-corrected chi connectivity index (χ1v) is 14.1. The molecular formula is C32H32N5O3+. The molecule has 8 heteroatoms. The normalized spacial score (nSPS) is 20.3. The molecule has 4 aromatic rings. The second kappa shape index (κ2) is 9.62. The molecule has 1 amide bonds. The van der Waals surface area contributed by atoms with Gasteiger partial charge in [0.1, 0.15) is 0 Å². The molecule has 3 aliphatic rings. The Hall–Kier alpha value is -4.46. The van der Waals surface area contributed by atoms with E-state index in [4.69, 9.17) is 0 Å². The van der Waals surface area contributed by atoms with Crippen molar-refractivity contribution in [2.24, 2.45) is 5.92 Å². The third kappa shape index (κ3) is 4.15. The molecule has 1 aliphatic carbocycles. The lowest BCUT2D eigenvalue weighted by Crippen LogP contribution is -2.51. The van der Waals surface area contributed by atoms with Crippen LogP contribution in [-0.2, 0) is 4.79 Å². The fourth-order valence-corrected chi connectivity index (χ4v) is 6.40. The van der Waals surface area contributed by atoms with E-state index >= 15 is 0 Å². The maximum absolute atomic E-state index is 13.3. The largest absolute Gasteiger partial charge is 0.377 e. The predicted molar refractivity (Wildman–Crippen MR) is 155 cm³/mol. The third-order valence-electron chi connectivity index (χ3n) is 8.62. The average Bonchev–Trinajstić information content (AvgIpc) is 3.85. The number of amides is 1. The molecule has 2 aliphatic heterocycles. The van der Waals surface area contributed by atoms with Gasteiger partial charge in [-0.3, -0.25) is 9.59 Å². The number of piperazine rings is 1. The quantitative estimate of drug-likeness (QED) is 0.351. The van der Waals surface area contributed by atoms with Crippen LogP contribution in [0.2, 0.25) is 0 Å². The first kappa shape index (κ1) is 24.6. The smallest absolute Gasteiger partial charge is 0.292 e. The predicted octanol–water partition coefficient (Wildman–Crippen LogP) is 5.01. The minimum atomic E-state index is -0.0897. The summed E-state index contributed by atoms with van der Waals surface area (Å²) in [6.45, 7) is 4.18. The molecule has 8 nitrogen and oxygen atoms in total. The number of hydrazine groups is 1. The van der Waals surface area contributed by atoms with Crippen molar-refractivity contribution in [2.45, 2.75) is 31.7 Å². The van der Waals surface area contributed by atoms with E-state index in [-0.39, 0.29) is 29.3 Å². The molecule has 0 bridgehead atoms. The third-order valence-corrected chi connectivity index (χ3v) is 8.62. The Morgan fingerprint density at radius 1 is 0.875 bits per heavy atom. The zero-order valence-electron chi connectivity index (χ0n) is 22.5. The number of anilines is 1. The molecule has 1 saturated carbocycles. The molecule has 1 saturated heterocycles. The number of aromatic nitrogens is 1. The van der Waals surface area contributed by atoms with Crippen LogP contribution in [0, 0.1) is 17.7 Å². The molecule has 3 heterocycles. The number of nitrogens with zero attached hydrogens (tertiary/aromatic N) is 3. The number of pyridine rings is 1. The summed E-state index contributed by atoms with van der Waals surface area (Å²) < 4.78 is 0. The van der Waals surface area contributed by atoms with Gasteiger partial charge in [0.2, 0.25) is 5.91 Å². The molecule has 40 heavy (non-hydrogen) atoms. The van der Waals surface area contributed by atoms with Crippen molar-refractivity contribution in [1.29, 1.82) is 0 Å². The van der Waals surface area contributed by atoms with Crippen LogP contribution in [-0.4, -0.2) is 51.8 Å². The highest BCUT2D eigenvalue weighted by Gasteiger charge is 2.38. The molecule has 7 rings (SSSR count). The van der Waals surface area contributed by atoms with E-state index in [1.165, 1.54) is 0 Å². The van der Waals surface area contributed by atoms with Gasteiger partial charge in [-0.1, -0.05) is 48.5 Å². The Morgan fingerprint density at radius 2 is 1.60 bits per heavy atom. The van der Waals surface area contributed by atoms with Gasteiger partial charge in [-0.05, 0) is 48.6 Å². The maximum atomic E-state index is 13.3. The van der Waals surface area contributed by atoms with Crippen molar-refractivity contribution < 1.29 is 9.66 Å². The van der Waals surface area contributed by atoms with Crippen molar-refractivity contribution in [3.63, 3.8) is 0 Å². The Bertz CT molecular complexity index is 1670. The molecule has 2 fully saturated rings. The Morgan fingerprint density at radius 3 is 2.30 bits per heavy atom. The fourth-order valence-electron chi connectivity index (χ4n) is 6.40. The van der Waals surface area contributed by atoms with Gasteiger partial charge in [0.25, 0.3) is 11.2 Å². The van der Waals surface area contributed by atoms with E-state index in [2.05, 4.69) is 22.4 Å². The van der Waals surface area contributed by atoms with E-state index < -0.39 is 0 Å². The van der Waals surface area contributed by atoms with Gasteiger partial charge in [0, 0.05) is 59.2 Å². The van der Waals surface area contributed by atoms with Gasteiger partial charge in [0.05, 0.1) is 24.0 Å². The lowest BCUT2D eigenvalue weighted by Gasteiger charge is -2.36. The number of carbonyl (C=O) groups excluding carboxylic acids is 1. The number of nitroso groups, excluding NO2 is 1. The summed E-state index contributed by atoms with van der Waals surface area (Å²) in [4.78, 5) is 44.5. The Kier molecular flexibility index (Phi) is 5.91. The number of aryl methyl sites for hydroxylation is 1. The first-order valence-electron chi connectivity index (χ1n) is 14.1. The number of rotatable bonds is 5. The minimum Gasteiger partial charge on any atom is -0.377 e. The van der Waals surface area contributed by atoms with Crippen LogP contribution in [0.25, 0.3) is 10.8 Å². The summed E-state index contributed by atoms with van der Waals surface area (Å²) in [6, 6.07) is 23.9. The van der Waals surface area contributed by atoms with Crippen LogP contribution >= 0.6 is 0 Å². The fraction of sp³-hybridized carbons (Fsp3) is 0.312. The molecule has 2 unspecified atom stereocenters. The van der Waals surface area contributed by atoms with E-state index in [1.54, 1.807) is 5.01 Å². The highest BCUT2D eigenvalue weighted by atomic mass is 16.3. The lowest BCUT2D eigenvalue weighted by molar-refractivity contribution is -0.643. The number of H-pyrrole nitrogens is 1. The average molecular weight is 535 g/mol. The summed E-state index contributed by atoms with van der Waals surface area (Å²) in [6.07, 6.45) is 1.99. The Labute approximate surface area is 232 Å². The van der Waals surface area contributed by atoms with Crippen molar-refractivity contribution in [2.75, 3.05) is 31.5 Å². The minimum absolute atomic E-state index is 0.0600. The van der Waals surface area contributed by atoms with Crippen LogP contribution in [0.4, 0.5) is 11.4 Å². The summed E-state index contributed by atoms with van der Waals surface area (Å²) in [5, 5.41) is 7.12. The van der Waals surface area contributed by atoms with E-state index in [9.17, 15) is 14.5 Å². The Balaban J connectivity index is 1.22. The summed E-state index contributed by atoms with van der Waals surface area (Å²) in [5.74, 6) is 0.363. The molecular weight excluding hydrogens is 502 g/mol. The van der Waals surface area contributed by atoms with Crippen molar-refractivity contribution >= 4 is 28.1 Å². The summed E-state index contributed by atoms with van der Waals surface area (Å²) in [5.41, 5.74) is 5.58. The number of hydrogen-bond acceptors (Lipinski definition) is 4. The molecule has 2 N–H and O–H groups in total. The SMILES string of the molecule is Cc1[nH]c(=O)c2cccc3c2c1C(c1ccc([N+](=O)N2CCN(C(=O)C4CC4)CC2)cc1)C(c1ccccc1)N3. The second-order valence-corrected chi connectivity index (χ2v) is 11.1. The maximum Gasteiger partial charge on any atom is 0.292 e. The number of aromatic amines is 1. The summed E-state index contributed by atoms with van der Waals surface area (Å²) >= 11 is 0. The number of hydrogen-bond donors (Lipinski definition) is 2. The van der Waals surface area contributed by atoms with Crippen LogP contribution < -0.4 is 10.9 Å². The van der Waals surface area contributed by atoms with Crippen LogP contribution in [0.3, 0.4) is 0 Å². The molecule has 2 atom stereocenters. The number of nitrogens with one attached hydrogen (secondary N) is 2. The topological polar surface area (TPSA) is 88.5 Å². The van der Waals surface area contributed by atoms with Crippen LogP contribution in [0.5, 0.6) is 0 Å². The number of benzene rings is 3. The lowest BCUT2D eigenvalue weighted by atomic mass is 9.76. The standard InChI is InChI=1S/C32H31N5O3/c1-20-27-28(30(22-6-3-2-4-7-22)34-26-9-5-8-25(29(26)27)31(38)33-20)21-12-14-24(15-13-21)37(40)36-18-16-35(17-19-36)32(39)23-10-11-23/h2-9,12-15,23,28,30,34H,10-11,16-19H2,1H3/p+1. The zero-order valence-corrected chi connectivity index (χ0v) is 22.5. The first-order chi connectivity index (χ1) is 19.5. The van der Waals surface area contributed by atoms with Crippen LogP contribution in [0.1, 0.15) is 47.2 Å². The van der Waals surface area contributed by atoms with E-state index in [1.807, 2.05) is 72.5 Å². The van der Waals surface area contributed by atoms with Crippen molar-refractivity contribution in [3.8, 4) is 0 Å². The molecule has 1 aromatic heterocycles. The highest BCUT2D eigenvalue weighted by Crippen LogP contribution is 2.48. The van der Waals surface area contributed by atoms with E-state index in [0.717, 1.165) is 51.2 Å².